The molecule has 0 saturated carbocycles. The summed E-state index contributed by atoms with van der Waals surface area (Å²) in [6.45, 7) is 5.94. The van der Waals surface area contributed by atoms with E-state index in [0.717, 1.165) is 5.75 Å². The van der Waals surface area contributed by atoms with Crippen molar-refractivity contribution in [3.63, 3.8) is 0 Å². The van der Waals surface area contributed by atoms with E-state index in [1.165, 1.54) is 36.5 Å². The van der Waals surface area contributed by atoms with Crippen LogP contribution in [0, 0.1) is 0 Å². The van der Waals surface area contributed by atoms with Crippen LogP contribution in [0.1, 0.15) is 26.2 Å². The number of thioether (sulfide) groups is 2. The van der Waals surface area contributed by atoms with Crippen molar-refractivity contribution in [2.45, 2.75) is 26.2 Å². The van der Waals surface area contributed by atoms with Gasteiger partial charge in [0.1, 0.15) is 0 Å². The average Bonchev–Trinajstić information content (AvgIpc) is 2.10. The second-order valence-electron chi connectivity index (χ2n) is 2.68. The third-order valence-electron chi connectivity index (χ3n) is 1.46. The summed E-state index contributed by atoms with van der Waals surface area (Å²) in [6, 6.07) is 0. The van der Waals surface area contributed by atoms with Crippen LogP contribution in [-0.4, -0.2) is 23.0 Å². The van der Waals surface area contributed by atoms with Gasteiger partial charge in [-0.05, 0) is 30.1 Å². The van der Waals surface area contributed by atoms with Crippen molar-refractivity contribution in [2.24, 2.45) is 0 Å². The highest BCUT2D eigenvalue weighted by Crippen LogP contribution is 2.09. The molecule has 0 aliphatic heterocycles. The molecule has 0 aromatic heterocycles. The van der Waals surface area contributed by atoms with Gasteiger partial charge in [0.15, 0.2) is 0 Å². The second-order valence-corrected chi connectivity index (χ2v) is 5.06. The maximum absolute atomic E-state index is 3.69. The summed E-state index contributed by atoms with van der Waals surface area (Å²) in [6.07, 6.45) is 6.05. The van der Waals surface area contributed by atoms with Crippen LogP contribution in [0.25, 0.3) is 0 Å². The van der Waals surface area contributed by atoms with Crippen molar-refractivity contribution in [3.8, 4) is 0 Å². The highest BCUT2D eigenvalue weighted by atomic mass is 32.2. The van der Waals surface area contributed by atoms with Crippen molar-refractivity contribution in [1.29, 1.82) is 0 Å². The minimum Gasteiger partial charge on any atom is -0.162 e. The molecule has 0 atom stereocenters. The minimum atomic E-state index is 1.11. The molecule has 0 heterocycles. The normalized spacial score (nSPS) is 10.1. The van der Waals surface area contributed by atoms with Gasteiger partial charge in [-0.15, -0.1) is 6.58 Å². The second kappa shape index (κ2) is 11.4. The van der Waals surface area contributed by atoms with E-state index in [1.807, 2.05) is 17.8 Å². The summed E-state index contributed by atoms with van der Waals surface area (Å²) in [4.78, 5) is 0. The molecule has 0 aliphatic rings. The molecule has 0 N–H and O–H groups in total. The van der Waals surface area contributed by atoms with Gasteiger partial charge in [0, 0.05) is 5.75 Å². The zero-order chi connectivity index (χ0) is 9.07. The lowest BCUT2D eigenvalue weighted by atomic mass is 10.4. The molecule has 0 aliphatic carbocycles. The monoisotopic (exact) mass is 204 g/mol. The Balaban J connectivity index is 2.77. The van der Waals surface area contributed by atoms with Gasteiger partial charge in [0.25, 0.3) is 0 Å². The first-order valence-corrected chi connectivity index (χ1v) is 6.99. The van der Waals surface area contributed by atoms with Gasteiger partial charge >= 0.3 is 0 Å². The Morgan fingerprint density at radius 2 is 1.75 bits per heavy atom. The van der Waals surface area contributed by atoms with E-state index in [0.29, 0.717) is 0 Å². The largest absolute Gasteiger partial charge is 0.162 e. The van der Waals surface area contributed by atoms with Crippen molar-refractivity contribution in [2.75, 3.05) is 23.0 Å². The first-order chi connectivity index (χ1) is 5.91. The van der Waals surface area contributed by atoms with Crippen molar-refractivity contribution < 1.29 is 0 Å². The van der Waals surface area contributed by atoms with Gasteiger partial charge < -0.3 is 0 Å². The fraction of sp³-hybridized carbons (Fsp3) is 0.800. The SMILES string of the molecule is C=CCSCCCSCCCC. The quantitative estimate of drug-likeness (QED) is 0.413. The molecule has 0 nitrogen and oxygen atoms in total. The van der Waals surface area contributed by atoms with Crippen LogP contribution in [0.4, 0.5) is 0 Å². The highest BCUT2D eigenvalue weighted by Gasteiger charge is 1.89. The van der Waals surface area contributed by atoms with Gasteiger partial charge in [0.2, 0.25) is 0 Å². The number of hydrogen-bond acceptors (Lipinski definition) is 2. The number of unbranched alkanes of at least 4 members (excludes halogenated alkanes) is 1. The maximum Gasteiger partial charge on any atom is 0.0110 e. The Labute approximate surface area is 85.6 Å². The van der Waals surface area contributed by atoms with E-state index in [1.54, 1.807) is 0 Å². The fourth-order valence-electron chi connectivity index (χ4n) is 0.778. The number of hydrogen-bond donors (Lipinski definition) is 0. The molecule has 0 rings (SSSR count). The van der Waals surface area contributed by atoms with Gasteiger partial charge in [0.05, 0.1) is 0 Å². The van der Waals surface area contributed by atoms with Crippen LogP contribution in [-0.2, 0) is 0 Å². The summed E-state index contributed by atoms with van der Waals surface area (Å²) in [5.74, 6) is 5.09. The van der Waals surface area contributed by atoms with E-state index in [2.05, 4.69) is 25.3 Å². The molecule has 0 aromatic carbocycles. The third kappa shape index (κ3) is 10.4. The molecule has 0 bridgehead atoms. The zero-order valence-electron chi connectivity index (χ0n) is 8.05. The van der Waals surface area contributed by atoms with E-state index >= 15 is 0 Å². The predicted octanol–water partition coefficient (Wildman–Crippen LogP) is 3.83. The summed E-state index contributed by atoms with van der Waals surface area (Å²) in [5, 5.41) is 0. The van der Waals surface area contributed by atoms with Crippen LogP contribution in [0.5, 0.6) is 0 Å². The first kappa shape index (κ1) is 12.4. The Morgan fingerprint density at radius 1 is 1.08 bits per heavy atom. The van der Waals surface area contributed by atoms with E-state index in [9.17, 15) is 0 Å². The molecular weight excluding hydrogens is 184 g/mol. The molecule has 0 aromatic rings. The van der Waals surface area contributed by atoms with Crippen LogP contribution >= 0.6 is 23.5 Å². The summed E-state index contributed by atoms with van der Waals surface area (Å²) >= 11 is 4.08. The Morgan fingerprint density at radius 3 is 2.42 bits per heavy atom. The van der Waals surface area contributed by atoms with Crippen LogP contribution in [0.2, 0.25) is 0 Å². The van der Waals surface area contributed by atoms with Crippen molar-refractivity contribution >= 4 is 23.5 Å². The molecule has 72 valence electrons. The molecule has 2 heteroatoms. The summed E-state index contributed by atoms with van der Waals surface area (Å²) in [5.41, 5.74) is 0. The molecule has 0 radical (unpaired) electrons. The molecule has 0 spiro atoms. The zero-order valence-corrected chi connectivity index (χ0v) is 9.68. The maximum atomic E-state index is 3.69. The van der Waals surface area contributed by atoms with Gasteiger partial charge in [-0.2, -0.15) is 23.5 Å². The summed E-state index contributed by atoms with van der Waals surface area (Å²) in [7, 11) is 0. The van der Waals surface area contributed by atoms with Gasteiger partial charge in [-0.25, -0.2) is 0 Å². The predicted molar refractivity (Wildman–Crippen MR) is 64.4 cm³/mol. The smallest absolute Gasteiger partial charge is 0.0110 e. The van der Waals surface area contributed by atoms with Crippen LogP contribution < -0.4 is 0 Å². The Bertz CT molecular complexity index is 91.8. The van der Waals surface area contributed by atoms with E-state index in [4.69, 9.17) is 0 Å². The lowest BCUT2D eigenvalue weighted by Crippen LogP contribution is -1.86. The average molecular weight is 204 g/mol. The van der Waals surface area contributed by atoms with Crippen molar-refractivity contribution in [3.05, 3.63) is 12.7 Å². The van der Waals surface area contributed by atoms with Gasteiger partial charge in [-0.3, -0.25) is 0 Å². The summed E-state index contributed by atoms with van der Waals surface area (Å²) < 4.78 is 0. The van der Waals surface area contributed by atoms with Crippen LogP contribution in [0.15, 0.2) is 12.7 Å². The van der Waals surface area contributed by atoms with Gasteiger partial charge in [-0.1, -0.05) is 19.4 Å². The molecule has 0 fully saturated rings. The topological polar surface area (TPSA) is 0 Å². The van der Waals surface area contributed by atoms with E-state index < -0.39 is 0 Å². The first-order valence-electron chi connectivity index (χ1n) is 4.68. The lowest BCUT2D eigenvalue weighted by Gasteiger charge is -1.99. The third-order valence-corrected chi connectivity index (χ3v) is 3.66. The highest BCUT2D eigenvalue weighted by molar-refractivity contribution is 8.00. The molecule has 12 heavy (non-hydrogen) atoms. The molecule has 0 amide bonds. The Kier molecular flexibility index (Phi) is 11.9. The number of rotatable bonds is 9. The standard InChI is InChI=1S/C10H20S2/c1-3-5-8-12-10-6-9-11-7-4-2/h4H,2-3,5-10H2,1H3. The lowest BCUT2D eigenvalue weighted by molar-refractivity contribution is 0.895. The van der Waals surface area contributed by atoms with Crippen molar-refractivity contribution in [1.82, 2.24) is 0 Å². The molecule has 0 saturated heterocycles. The molecule has 0 unspecified atom stereocenters. The van der Waals surface area contributed by atoms with E-state index in [-0.39, 0.29) is 0 Å². The van der Waals surface area contributed by atoms with Crippen LogP contribution in [0.3, 0.4) is 0 Å². The molecular formula is C10H20S2. The fourth-order valence-corrected chi connectivity index (χ4v) is 2.69. The minimum absolute atomic E-state index is 1.11. The Hall–Kier alpha value is 0.440.